The standard InChI is InChI=1S/C20H19Cl2N3O5/c1-27-15-8-11(9-16(28-2)19(15)29-3)20-24-18(30-25-20)7-6-17(26)23-12-4-5-13(21)14(22)10-12/h4-5,8-10H,6-7H2,1-3H3,(H,23,26). The fourth-order valence-corrected chi connectivity index (χ4v) is 3.00. The highest BCUT2D eigenvalue weighted by Gasteiger charge is 2.17. The number of amides is 1. The maximum absolute atomic E-state index is 12.2. The van der Waals surface area contributed by atoms with Crippen molar-refractivity contribution in [3.63, 3.8) is 0 Å². The van der Waals surface area contributed by atoms with Crippen LogP contribution < -0.4 is 19.5 Å². The second-order valence-electron chi connectivity index (χ2n) is 6.10. The Morgan fingerprint density at radius 1 is 1.03 bits per heavy atom. The second kappa shape index (κ2) is 9.69. The number of carbonyl (C=O) groups is 1. The number of aromatic nitrogens is 2. The van der Waals surface area contributed by atoms with E-state index in [4.69, 9.17) is 41.9 Å². The number of rotatable bonds is 8. The van der Waals surface area contributed by atoms with Crippen molar-refractivity contribution < 1.29 is 23.5 Å². The van der Waals surface area contributed by atoms with Crippen molar-refractivity contribution >= 4 is 34.8 Å². The van der Waals surface area contributed by atoms with Crippen molar-refractivity contribution in [2.45, 2.75) is 12.8 Å². The lowest BCUT2D eigenvalue weighted by Gasteiger charge is -2.12. The number of hydrogen-bond donors (Lipinski definition) is 1. The van der Waals surface area contributed by atoms with Gasteiger partial charge in [0.25, 0.3) is 0 Å². The zero-order chi connectivity index (χ0) is 21.7. The van der Waals surface area contributed by atoms with Crippen LogP contribution in [0.25, 0.3) is 11.4 Å². The van der Waals surface area contributed by atoms with E-state index in [0.717, 1.165) is 0 Å². The zero-order valence-electron chi connectivity index (χ0n) is 16.5. The summed E-state index contributed by atoms with van der Waals surface area (Å²) in [6, 6.07) is 8.29. The first-order valence-electron chi connectivity index (χ1n) is 8.83. The summed E-state index contributed by atoms with van der Waals surface area (Å²) in [6.45, 7) is 0. The molecule has 1 amide bonds. The predicted octanol–water partition coefficient (Wildman–Crippen LogP) is 4.64. The minimum absolute atomic E-state index is 0.150. The van der Waals surface area contributed by atoms with E-state index < -0.39 is 0 Å². The third kappa shape index (κ3) is 4.95. The van der Waals surface area contributed by atoms with E-state index in [9.17, 15) is 4.79 Å². The number of carbonyl (C=O) groups excluding carboxylic acids is 1. The molecule has 0 unspecified atom stereocenters. The van der Waals surface area contributed by atoms with Crippen LogP contribution >= 0.6 is 23.2 Å². The molecule has 8 nitrogen and oxygen atoms in total. The third-order valence-corrected chi connectivity index (χ3v) is 4.90. The largest absolute Gasteiger partial charge is 0.493 e. The molecular formula is C20H19Cl2N3O5. The van der Waals surface area contributed by atoms with Crippen LogP contribution in [-0.2, 0) is 11.2 Å². The minimum Gasteiger partial charge on any atom is -0.493 e. The number of methoxy groups -OCH3 is 3. The van der Waals surface area contributed by atoms with Gasteiger partial charge in [-0.25, -0.2) is 0 Å². The molecule has 2 aromatic carbocycles. The zero-order valence-corrected chi connectivity index (χ0v) is 18.0. The molecule has 30 heavy (non-hydrogen) atoms. The summed E-state index contributed by atoms with van der Waals surface area (Å²) >= 11 is 11.8. The lowest BCUT2D eigenvalue weighted by atomic mass is 10.1. The van der Waals surface area contributed by atoms with Crippen molar-refractivity contribution in [1.29, 1.82) is 0 Å². The SMILES string of the molecule is COc1cc(-c2noc(CCC(=O)Nc3ccc(Cl)c(Cl)c3)n2)cc(OC)c1OC. The molecule has 0 atom stereocenters. The minimum atomic E-state index is -0.221. The molecular weight excluding hydrogens is 433 g/mol. The molecule has 3 aromatic rings. The summed E-state index contributed by atoms with van der Waals surface area (Å²) in [6.07, 6.45) is 0.418. The molecule has 3 rings (SSSR count). The van der Waals surface area contributed by atoms with Gasteiger partial charge < -0.3 is 24.1 Å². The van der Waals surface area contributed by atoms with Gasteiger partial charge in [0.1, 0.15) is 0 Å². The van der Waals surface area contributed by atoms with E-state index in [2.05, 4.69) is 15.5 Å². The Kier molecular flexibility index (Phi) is 7.02. The van der Waals surface area contributed by atoms with E-state index in [1.807, 2.05) is 0 Å². The van der Waals surface area contributed by atoms with Crippen LogP contribution in [0.3, 0.4) is 0 Å². The Morgan fingerprint density at radius 3 is 2.33 bits per heavy atom. The normalized spacial score (nSPS) is 10.6. The first-order valence-corrected chi connectivity index (χ1v) is 9.58. The summed E-state index contributed by atoms with van der Waals surface area (Å²) < 4.78 is 21.2. The van der Waals surface area contributed by atoms with Crippen LogP contribution in [0.5, 0.6) is 17.2 Å². The van der Waals surface area contributed by atoms with Crippen LogP contribution in [0, 0.1) is 0 Å². The van der Waals surface area contributed by atoms with Crippen LogP contribution in [-0.4, -0.2) is 37.4 Å². The molecule has 0 saturated heterocycles. The predicted molar refractivity (Wildman–Crippen MR) is 113 cm³/mol. The highest BCUT2D eigenvalue weighted by atomic mass is 35.5. The quantitative estimate of drug-likeness (QED) is 0.532. The van der Waals surface area contributed by atoms with Gasteiger partial charge in [-0.1, -0.05) is 28.4 Å². The summed E-state index contributed by atoms with van der Waals surface area (Å²) in [4.78, 5) is 16.5. The maximum Gasteiger partial charge on any atom is 0.227 e. The molecule has 0 bridgehead atoms. The molecule has 1 aromatic heterocycles. The summed E-state index contributed by atoms with van der Waals surface area (Å²) in [5.74, 6) is 1.85. The molecule has 0 aliphatic carbocycles. The second-order valence-corrected chi connectivity index (χ2v) is 6.92. The van der Waals surface area contributed by atoms with E-state index >= 15 is 0 Å². The Bertz CT molecular complexity index is 1030. The monoisotopic (exact) mass is 451 g/mol. The number of ether oxygens (including phenoxy) is 3. The average molecular weight is 452 g/mol. The van der Waals surface area contributed by atoms with Crippen molar-refractivity contribution in [2.75, 3.05) is 26.6 Å². The number of aryl methyl sites for hydroxylation is 1. The van der Waals surface area contributed by atoms with Crippen LogP contribution in [0.1, 0.15) is 12.3 Å². The molecule has 0 aliphatic rings. The maximum atomic E-state index is 12.2. The van der Waals surface area contributed by atoms with E-state index in [0.29, 0.717) is 50.3 Å². The first-order chi connectivity index (χ1) is 14.4. The number of hydrogen-bond acceptors (Lipinski definition) is 7. The number of nitrogens with zero attached hydrogens (tertiary/aromatic N) is 2. The van der Waals surface area contributed by atoms with E-state index in [-0.39, 0.29) is 18.7 Å². The van der Waals surface area contributed by atoms with Crippen molar-refractivity contribution in [1.82, 2.24) is 10.1 Å². The fourth-order valence-electron chi connectivity index (χ4n) is 2.70. The molecule has 1 N–H and O–H groups in total. The van der Waals surface area contributed by atoms with Gasteiger partial charge in [0.15, 0.2) is 11.5 Å². The van der Waals surface area contributed by atoms with Crippen molar-refractivity contribution in [2.24, 2.45) is 0 Å². The van der Waals surface area contributed by atoms with Gasteiger partial charge in [0.2, 0.25) is 23.4 Å². The smallest absolute Gasteiger partial charge is 0.227 e. The number of halogens is 2. The summed E-state index contributed by atoms with van der Waals surface area (Å²) in [5.41, 5.74) is 1.18. The summed E-state index contributed by atoms with van der Waals surface area (Å²) in [7, 11) is 4.57. The van der Waals surface area contributed by atoms with Gasteiger partial charge in [-0.3, -0.25) is 4.79 Å². The van der Waals surface area contributed by atoms with E-state index in [1.165, 1.54) is 21.3 Å². The Morgan fingerprint density at radius 2 is 1.73 bits per heavy atom. The van der Waals surface area contributed by atoms with Crippen LogP contribution in [0.2, 0.25) is 10.0 Å². The molecule has 158 valence electrons. The molecule has 0 radical (unpaired) electrons. The highest BCUT2D eigenvalue weighted by Crippen LogP contribution is 2.40. The fraction of sp³-hybridized carbons (Fsp3) is 0.250. The van der Waals surface area contributed by atoms with Crippen LogP contribution in [0.4, 0.5) is 5.69 Å². The lowest BCUT2D eigenvalue weighted by Crippen LogP contribution is -2.12. The van der Waals surface area contributed by atoms with Gasteiger partial charge >= 0.3 is 0 Å². The highest BCUT2D eigenvalue weighted by molar-refractivity contribution is 6.42. The van der Waals surface area contributed by atoms with Crippen molar-refractivity contribution in [3.8, 4) is 28.6 Å². The van der Waals surface area contributed by atoms with Crippen LogP contribution in [0.15, 0.2) is 34.9 Å². The Hall–Kier alpha value is -2.97. The van der Waals surface area contributed by atoms with Gasteiger partial charge in [-0.15, -0.1) is 0 Å². The lowest BCUT2D eigenvalue weighted by molar-refractivity contribution is -0.116. The molecule has 0 spiro atoms. The van der Waals surface area contributed by atoms with Gasteiger partial charge in [-0.05, 0) is 30.3 Å². The molecule has 10 heteroatoms. The molecule has 0 saturated carbocycles. The topological polar surface area (TPSA) is 95.7 Å². The average Bonchev–Trinajstić information content (AvgIpc) is 3.23. The number of nitrogens with one attached hydrogen (secondary N) is 1. The Balaban J connectivity index is 1.68. The number of anilines is 1. The van der Waals surface area contributed by atoms with Gasteiger partial charge in [0.05, 0.1) is 31.4 Å². The molecule has 1 heterocycles. The Labute approximate surface area is 183 Å². The molecule has 0 fully saturated rings. The summed E-state index contributed by atoms with van der Waals surface area (Å²) in [5, 5.41) is 7.50. The van der Waals surface area contributed by atoms with Gasteiger partial charge in [-0.2, -0.15) is 4.98 Å². The first kappa shape index (κ1) is 21.7. The van der Waals surface area contributed by atoms with Crippen molar-refractivity contribution in [3.05, 3.63) is 46.3 Å². The number of benzene rings is 2. The van der Waals surface area contributed by atoms with Gasteiger partial charge in [0, 0.05) is 24.1 Å². The molecule has 0 aliphatic heterocycles. The third-order valence-electron chi connectivity index (χ3n) is 4.16. The van der Waals surface area contributed by atoms with E-state index in [1.54, 1.807) is 30.3 Å².